The van der Waals surface area contributed by atoms with Crippen molar-refractivity contribution in [2.45, 2.75) is 39.4 Å². The molecule has 11 heteroatoms. The molecule has 9 nitrogen and oxygen atoms in total. The van der Waals surface area contributed by atoms with E-state index in [1.165, 1.54) is 29.2 Å². The Morgan fingerprint density at radius 2 is 1.63 bits per heavy atom. The average Bonchev–Trinajstić information content (AvgIpc) is 3.62. The van der Waals surface area contributed by atoms with E-state index in [2.05, 4.69) is 6.58 Å². The van der Waals surface area contributed by atoms with Gasteiger partial charge in [-0.3, -0.25) is 14.2 Å². The first-order chi connectivity index (χ1) is 22.2. The summed E-state index contributed by atoms with van der Waals surface area (Å²) in [7, 11) is 0. The van der Waals surface area contributed by atoms with Crippen molar-refractivity contribution in [1.82, 2.24) is 14.1 Å². The van der Waals surface area contributed by atoms with E-state index in [9.17, 15) is 19.2 Å². The molecule has 0 atom stereocenters. The molecule has 236 valence electrons. The van der Waals surface area contributed by atoms with Crippen molar-refractivity contribution in [2.24, 2.45) is 0 Å². The van der Waals surface area contributed by atoms with Crippen molar-refractivity contribution in [1.29, 1.82) is 0 Å². The molecular weight excluding hydrogens is 623 g/mol. The Bertz CT molecular complexity index is 1990. The number of rotatable bonds is 12. The summed E-state index contributed by atoms with van der Waals surface area (Å²) in [5.74, 6) is -1.26. The Morgan fingerprint density at radius 3 is 2.24 bits per heavy atom. The number of benzene rings is 2. The second-order valence-electron chi connectivity index (χ2n) is 10.3. The first-order valence-electron chi connectivity index (χ1n) is 14.7. The van der Waals surface area contributed by atoms with Crippen LogP contribution in [0.5, 0.6) is 0 Å². The third-order valence-corrected chi connectivity index (χ3v) is 9.17. The summed E-state index contributed by atoms with van der Waals surface area (Å²) in [6.45, 7) is 11.5. The number of hydrogen-bond acceptors (Lipinski definition) is 9. The number of ketones is 1. The van der Waals surface area contributed by atoms with Crippen LogP contribution in [0.4, 0.5) is 0 Å². The van der Waals surface area contributed by atoms with Gasteiger partial charge in [-0.1, -0.05) is 48.2 Å². The van der Waals surface area contributed by atoms with E-state index >= 15 is 0 Å². The van der Waals surface area contributed by atoms with Crippen LogP contribution in [0.1, 0.15) is 56.3 Å². The minimum Gasteiger partial charge on any atom is -0.462 e. The van der Waals surface area contributed by atoms with E-state index in [4.69, 9.17) is 14.5 Å². The van der Waals surface area contributed by atoms with Crippen molar-refractivity contribution in [3.63, 3.8) is 0 Å². The van der Waals surface area contributed by atoms with Crippen LogP contribution in [0.15, 0.2) is 82.6 Å². The highest BCUT2D eigenvalue weighted by molar-refractivity contribution is 7.99. The van der Waals surface area contributed by atoms with Gasteiger partial charge in [0.1, 0.15) is 4.83 Å². The minimum atomic E-state index is -0.568. The number of ether oxygens (including phenoxy) is 2. The van der Waals surface area contributed by atoms with Gasteiger partial charge in [0.05, 0.1) is 35.5 Å². The molecule has 3 aromatic heterocycles. The third-order valence-electron chi connectivity index (χ3n) is 7.32. The molecule has 46 heavy (non-hydrogen) atoms. The number of thiophene rings is 1. The molecule has 5 rings (SSSR count). The lowest BCUT2D eigenvalue weighted by Crippen LogP contribution is -2.23. The number of allylic oxidation sites excluding steroid dienone is 1. The van der Waals surface area contributed by atoms with Crippen LogP contribution >= 0.6 is 23.1 Å². The van der Waals surface area contributed by atoms with Crippen LogP contribution in [0.2, 0.25) is 0 Å². The predicted molar refractivity (Wildman–Crippen MR) is 182 cm³/mol. The molecule has 0 spiro atoms. The maximum atomic E-state index is 13.7. The van der Waals surface area contributed by atoms with E-state index in [0.717, 1.165) is 16.8 Å². The zero-order chi connectivity index (χ0) is 33.0. The van der Waals surface area contributed by atoms with Crippen molar-refractivity contribution >= 4 is 51.0 Å². The second-order valence-corrected chi connectivity index (χ2v) is 12.1. The fourth-order valence-electron chi connectivity index (χ4n) is 5.29. The highest BCUT2D eigenvalue weighted by Crippen LogP contribution is 2.33. The number of thioether (sulfide) groups is 1. The number of carbonyl (C=O) groups is 3. The molecule has 0 aliphatic rings. The number of nitrogens with zero attached hydrogens (tertiary/aromatic N) is 3. The van der Waals surface area contributed by atoms with Gasteiger partial charge < -0.3 is 14.0 Å². The Balaban J connectivity index is 1.47. The molecule has 2 aromatic carbocycles. The summed E-state index contributed by atoms with van der Waals surface area (Å²) in [5.41, 5.74) is 4.35. The maximum absolute atomic E-state index is 13.7. The van der Waals surface area contributed by atoms with Gasteiger partial charge in [-0.25, -0.2) is 14.6 Å². The first-order valence-corrected chi connectivity index (χ1v) is 16.6. The minimum absolute atomic E-state index is 0.0350. The normalized spacial score (nSPS) is 11.0. The van der Waals surface area contributed by atoms with E-state index in [1.54, 1.807) is 49.6 Å². The van der Waals surface area contributed by atoms with Gasteiger partial charge in [-0.2, -0.15) is 0 Å². The number of aromatic nitrogens is 3. The van der Waals surface area contributed by atoms with Crippen molar-refractivity contribution in [2.75, 3.05) is 19.0 Å². The third kappa shape index (κ3) is 6.47. The molecule has 0 aliphatic heterocycles. The Morgan fingerprint density at radius 1 is 0.978 bits per heavy atom. The Labute approximate surface area is 274 Å². The van der Waals surface area contributed by atoms with E-state index in [1.807, 2.05) is 47.2 Å². The summed E-state index contributed by atoms with van der Waals surface area (Å²) in [6, 6.07) is 16.2. The highest BCUT2D eigenvalue weighted by Gasteiger charge is 2.22. The summed E-state index contributed by atoms with van der Waals surface area (Å²) in [4.78, 5) is 58.0. The van der Waals surface area contributed by atoms with Gasteiger partial charge >= 0.3 is 11.9 Å². The van der Waals surface area contributed by atoms with Crippen LogP contribution in [-0.4, -0.2) is 50.8 Å². The topological polar surface area (TPSA) is 109 Å². The number of aryl methyl sites for hydroxylation is 1. The SMILES string of the molecule is C=CCn1c(SCC(=O)c2cc(C)n(-c3cc(C(=O)OCC)cc(C(=O)OCC)c3)c2C)nc2scc(-c3ccccc3)c2c1=O. The van der Waals surface area contributed by atoms with E-state index in [0.29, 0.717) is 32.3 Å². The molecule has 0 N–H and O–H groups in total. The number of Topliss-reactive ketones (excluding diaryl/α,β-unsaturated/α-hetero) is 1. The van der Waals surface area contributed by atoms with Gasteiger partial charge in [0, 0.05) is 40.1 Å². The summed E-state index contributed by atoms with van der Waals surface area (Å²) < 4.78 is 13.7. The number of fused-ring (bicyclic) bond motifs is 1. The monoisotopic (exact) mass is 655 g/mol. The highest BCUT2D eigenvalue weighted by atomic mass is 32.2. The van der Waals surface area contributed by atoms with E-state index in [-0.39, 0.29) is 48.0 Å². The smallest absolute Gasteiger partial charge is 0.338 e. The molecule has 3 heterocycles. The second kappa shape index (κ2) is 14.1. The summed E-state index contributed by atoms with van der Waals surface area (Å²) in [5, 5.41) is 2.91. The standard InChI is InChI=1S/C35H33N3O6S2/c1-6-14-37-32(40)30-28(23-12-10-9-11-13-23)19-45-31(30)36-35(37)46-20-29(39)27-15-21(4)38(22(27)5)26-17-24(33(41)43-7-2)16-25(18-26)34(42)44-8-3/h6,9-13,15-19H,1,7-8,14,20H2,2-5H3. The van der Waals surface area contributed by atoms with Crippen molar-refractivity contribution in [3.05, 3.63) is 111 Å². The molecule has 0 aliphatic carbocycles. The lowest BCUT2D eigenvalue weighted by molar-refractivity contribution is 0.0525. The molecule has 5 aromatic rings. The number of carbonyl (C=O) groups excluding carboxylic acids is 3. The van der Waals surface area contributed by atoms with Gasteiger partial charge in [-0.05, 0) is 57.5 Å². The Kier molecular flexibility index (Phi) is 10.0. The van der Waals surface area contributed by atoms with Crippen molar-refractivity contribution < 1.29 is 23.9 Å². The predicted octanol–water partition coefficient (Wildman–Crippen LogP) is 7.05. The van der Waals surface area contributed by atoms with Crippen LogP contribution in [0, 0.1) is 13.8 Å². The quantitative estimate of drug-likeness (QED) is 0.0463. The molecule has 0 saturated carbocycles. The molecule has 0 saturated heterocycles. The maximum Gasteiger partial charge on any atom is 0.338 e. The lowest BCUT2D eigenvalue weighted by atomic mass is 10.1. The van der Waals surface area contributed by atoms with Gasteiger partial charge in [0.2, 0.25) is 0 Å². The Hall–Kier alpha value is -4.74. The largest absolute Gasteiger partial charge is 0.462 e. The van der Waals surface area contributed by atoms with E-state index < -0.39 is 11.9 Å². The molecule has 0 amide bonds. The van der Waals surface area contributed by atoms with Crippen LogP contribution < -0.4 is 5.56 Å². The van der Waals surface area contributed by atoms with Crippen LogP contribution in [-0.2, 0) is 16.0 Å². The molecule has 0 bridgehead atoms. The number of hydrogen-bond donors (Lipinski definition) is 0. The van der Waals surface area contributed by atoms with Crippen LogP contribution in [0.3, 0.4) is 0 Å². The first kappa shape index (κ1) is 32.6. The molecule has 0 fully saturated rings. The lowest BCUT2D eigenvalue weighted by Gasteiger charge is -2.14. The van der Waals surface area contributed by atoms with Gasteiger partial charge in [0.25, 0.3) is 5.56 Å². The summed E-state index contributed by atoms with van der Waals surface area (Å²) >= 11 is 2.59. The zero-order valence-electron chi connectivity index (χ0n) is 26.0. The summed E-state index contributed by atoms with van der Waals surface area (Å²) in [6.07, 6.45) is 1.64. The molecule has 0 unspecified atom stereocenters. The fourth-order valence-corrected chi connectivity index (χ4v) is 7.17. The average molecular weight is 656 g/mol. The zero-order valence-corrected chi connectivity index (χ0v) is 27.6. The van der Waals surface area contributed by atoms with Crippen molar-refractivity contribution in [3.8, 4) is 16.8 Å². The fraction of sp³-hybridized carbons (Fsp3) is 0.229. The molecule has 0 radical (unpaired) electrons. The van der Waals surface area contributed by atoms with Gasteiger partial charge in [-0.15, -0.1) is 17.9 Å². The van der Waals surface area contributed by atoms with Gasteiger partial charge in [0.15, 0.2) is 10.9 Å². The van der Waals surface area contributed by atoms with Crippen LogP contribution in [0.25, 0.3) is 27.0 Å². The molecular formula is C35H33N3O6S2. The number of esters is 2.